The average Bonchev–Trinajstić information content (AvgIpc) is 2.83. The molecule has 5 aliphatic rings. The van der Waals surface area contributed by atoms with E-state index in [1.165, 1.54) is 12.0 Å². The van der Waals surface area contributed by atoms with Gasteiger partial charge in [-0.1, -0.05) is 115 Å². The van der Waals surface area contributed by atoms with Crippen molar-refractivity contribution in [3.05, 3.63) is 47.8 Å². The number of nitriles is 1. The van der Waals surface area contributed by atoms with Gasteiger partial charge in [-0.15, -0.1) is 5.41 Å². The van der Waals surface area contributed by atoms with Gasteiger partial charge in [0.25, 0.3) is 0 Å². The second-order valence-electron chi connectivity index (χ2n) is 14.6. The summed E-state index contributed by atoms with van der Waals surface area (Å²) >= 11 is 0. The molecule has 0 heterocycles. The summed E-state index contributed by atoms with van der Waals surface area (Å²) < 4.78 is 0. The van der Waals surface area contributed by atoms with Crippen LogP contribution in [-0.2, 0) is 14.4 Å². The van der Waals surface area contributed by atoms with Crippen molar-refractivity contribution in [1.29, 1.82) is 5.26 Å². The number of ketones is 2. The summed E-state index contributed by atoms with van der Waals surface area (Å²) in [5.41, 5.74) is -1.17. The van der Waals surface area contributed by atoms with E-state index < -0.39 is 16.4 Å². The number of carbonyl (C=O) groups excluding carboxylic acids is 3. The summed E-state index contributed by atoms with van der Waals surface area (Å²) in [6, 6.07) is 2.16. The molecule has 5 atom stereocenters. The zero-order chi connectivity index (χ0) is 28.1. The van der Waals surface area contributed by atoms with Crippen LogP contribution in [0.2, 0.25) is 0 Å². The number of carbonyl (C=O) groups is 3. The first-order valence-electron chi connectivity index (χ1n) is 14.1. The largest absolute Gasteiger partial charge is 1.00 e. The Morgan fingerprint density at radius 2 is 1.68 bits per heavy atom. The van der Waals surface area contributed by atoms with Crippen LogP contribution in [0.25, 0.3) is 0 Å². The van der Waals surface area contributed by atoms with E-state index in [2.05, 4.69) is 52.6 Å². The number of fused-ring (bicyclic) bond motifs is 7. The zero-order valence-corrected chi connectivity index (χ0v) is 26.1. The zero-order valence-electron chi connectivity index (χ0n) is 26.1. The molecule has 0 radical (unpaired) electrons. The van der Waals surface area contributed by atoms with Gasteiger partial charge in [-0.05, 0) is 29.4 Å². The van der Waals surface area contributed by atoms with Gasteiger partial charge in [-0.2, -0.15) is 18.1 Å². The fourth-order valence-electron chi connectivity index (χ4n) is 9.39. The van der Waals surface area contributed by atoms with Gasteiger partial charge in [0, 0.05) is 0 Å². The maximum atomic E-state index is 14.4. The van der Waals surface area contributed by atoms with Gasteiger partial charge in [0.05, 0.1) is 5.57 Å². The summed E-state index contributed by atoms with van der Waals surface area (Å²) in [6.07, 6.45) is 11.0. The standard InChI is InChI=1S/C33H42N2O3.2Li/c1-9-25(37)35-33-14-12-28(2,3)18-21(33)26-22(36)16-24-30(6)17-20(19-34)27(38)29(4,5)23(30)10-11-31(24,7)32(26,8)13-15-33;;/h9,16-17,26H,1,10-15,18H2,2-8H3,(H,35,37);;/q-2;2*+1/t26-,30-,31+,32+,33-;;/m0../s1. The summed E-state index contributed by atoms with van der Waals surface area (Å²) in [5.74, 6) is 1.83. The number of allylic oxidation sites excluding steroid dienone is 4. The average molecular weight is 529 g/mol. The number of nitrogens with one attached hydrogen (secondary N) is 1. The maximum Gasteiger partial charge on any atom is 1.00 e. The predicted molar refractivity (Wildman–Crippen MR) is 147 cm³/mol. The third-order valence-corrected chi connectivity index (χ3v) is 11.7. The summed E-state index contributed by atoms with van der Waals surface area (Å²) in [7, 11) is 0. The van der Waals surface area contributed by atoms with E-state index in [-0.39, 0.29) is 82.9 Å². The summed E-state index contributed by atoms with van der Waals surface area (Å²) in [5, 5.41) is 13.2. The number of hydrogen-bond acceptors (Lipinski definition) is 4. The molecule has 3 fully saturated rings. The van der Waals surface area contributed by atoms with Crippen molar-refractivity contribution in [2.45, 2.75) is 99.0 Å². The van der Waals surface area contributed by atoms with E-state index in [4.69, 9.17) is 0 Å². The second-order valence-corrected chi connectivity index (χ2v) is 14.6. The van der Waals surface area contributed by atoms with Crippen molar-refractivity contribution in [3.8, 4) is 6.07 Å². The molecule has 5 nitrogen and oxygen atoms in total. The van der Waals surface area contributed by atoms with Crippen molar-refractivity contribution < 1.29 is 52.1 Å². The smallest absolute Gasteiger partial charge is 0.376 e. The van der Waals surface area contributed by atoms with Crippen LogP contribution in [0.5, 0.6) is 0 Å². The Bertz CT molecular complexity index is 1260. The number of nitrogens with zero attached hydrogens (tertiary/aromatic N) is 1. The quantitative estimate of drug-likeness (QED) is 0.315. The van der Waals surface area contributed by atoms with Crippen molar-refractivity contribution in [3.63, 3.8) is 0 Å². The Morgan fingerprint density at radius 3 is 2.27 bits per heavy atom. The number of hydrogen-bond donors (Lipinski definition) is 1. The molecule has 0 aliphatic heterocycles. The third-order valence-electron chi connectivity index (χ3n) is 11.7. The fourth-order valence-corrected chi connectivity index (χ4v) is 9.39. The monoisotopic (exact) mass is 528 g/mol. The van der Waals surface area contributed by atoms with E-state index in [1.807, 2.05) is 26.0 Å². The number of rotatable bonds is 2. The minimum atomic E-state index is -0.754. The molecule has 0 unspecified atom stereocenters. The van der Waals surface area contributed by atoms with Gasteiger partial charge in [-0.25, -0.2) is 0 Å². The first kappa shape index (κ1) is 33.2. The summed E-state index contributed by atoms with van der Waals surface area (Å²) in [6.45, 7) is 18.8. The van der Waals surface area contributed by atoms with E-state index in [1.54, 1.807) is 0 Å². The molecule has 1 amide bonds. The van der Waals surface area contributed by atoms with E-state index in [0.717, 1.165) is 56.4 Å². The van der Waals surface area contributed by atoms with Gasteiger partial charge in [0.1, 0.15) is 17.6 Å². The SMILES string of the molecule is C=CC(=O)N[C@]12CCC(C)(C)C[C-]1[C@H]1C(=O)C=C3[C@@]4(C)C=C(C#N)C(=O)C(C)(C)[C-]4CC[C@@]3(C)[C@]1(C)CC2.[Li+].[Li+]. The minimum Gasteiger partial charge on any atom is -0.376 e. The molecule has 0 bridgehead atoms. The van der Waals surface area contributed by atoms with Crippen molar-refractivity contribution >= 4 is 17.5 Å². The van der Waals surface area contributed by atoms with E-state index >= 15 is 0 Å². The molecule has 5 aliphatic carbocycles. The molecule has 0 aromatic carbocycles. The predicted octanol–water partition coefficient (Wildman–Crippen LogP) is 0.185. The molecule has 0 saturated heterocycles. The molecule has 0 aromatic heterocycles. The molecular formula is C33H42Li2N2O3. The molecule has 40 heavy (non-hydrogen) atoms. The van der Waals surface area contributed by atoms with Gasteiger partial charge in [0.15, 0.2) is 0 Å². The van der Waals surface area contributed by atoms with Gasteiger partial charge in [-0.3, -0.25) is 26.2 Å². The molecule has 204 valence electrons. The van der Waals surface area contributed by atoms with Gasteiger partial charge >= 0.3 is 37.7 Å². The molecule has 1 N–H and O–H groups in total. The molecular weight excluding hydrogens is 486 g/mol. The Labute approximate surface area is 264 Å². The first-order valence-corrected chi connectivity index (χ1v) is 14.1. The molecule has 0 spiro atoms. The topological polar surface area (TPSA) is 87.0 Å². The molecule has 5 rings (SSSR count). The molecule has 0 aromatic rings. The van der Waals surface area contributed by atoms with Crippen molar-refractivity contribution in [2.24, 2.45) is 33.0 Å². The minimum absolute atomic E-state index is 0. The van der Waals surface area contributed by atoms with Crippen LogP contribution < -0.4 is 43.0 Å². The van der Waals surface area contributed by atoms with Crippen LogP contribution >= 0.6 is 0 Å². The van der Waals surface area contributed by atoms with Crippen LogP contribution in [-0.4, -0.2) is 23.0 Å². The Morgan fingerprint density at radius 1 is 1.05 bits per heavy atom. The van der Waals surface area contributed by atoms with Crippen LogP contribution in [0.15, 0.2) is 36.0 Å². The van der Waals surface area contributed by atoms with E-state index in [0.29, 0.717) is 0 Å². The number of Topliss-reactive ketones (excluding diaryl/α,β-unsaturated/α-hetero) is 1. The van der Waals surface area contributed by atoms with Crippen LogP contribution in [0, 0.1) is 56.2 Å². The second kappa shape index (κ2) is 10.2. The summed E-state index contributed by atoms with van der Waals surface area (Å²) in [4.78, 5) is 40.2. The van der Waals surface area contributed by atoms with Gasteiger partial charge in [0.2, 0.25) is 5.91 Å². The van der Waals surface area contributed by atoms with Crippen molar-refractivity contribution in [1.82, 2.24) is 5.32 Å². The van der Waals surface area contributed by atoms with Crippen LogP contribution in [0.4, 0.5) is 0 Å². The third kappa shape index (κ3) is 4.27. The van der Waals surface area contributed by atoms with E-state index in [9.17, 15) is 19.6 Å². The number of amides is 1. The van der Waals surface area contributed by atoms with Crippen LogP contribution in [0.3, 0.4) is 0 Å². The normalized spacial score (nSPS) is 39.7. The molecule has 3 saturated carbocycles. The van der Waals surface area contributed by atoms with Gasteiger partial charge < -0.3 is 5.32 Å². The first-order chi connectivity index (χ1) is 17.5. The Kier molecular flexibility index (Phi) is 8.44. The molecule has 7 heteroatoms. The Balaban J connectivity index is 0.00000220. The Hall–Kier alpha value is -1.29. The van der Waals surface area contributed by atoms with Crippen molar-refractivity contribution in [2.75, 3.05) is 0 Å². The maximum absolute atomic E-state index is 14.4. The van der Waals surface area contributed by atoms with Crippen LogP contribution in [0.1, 0.15) is 93.4 Å². The fraction of sp³-hybridized carbons (Fsp3) is 0.636.